The molecule has 0 unspecified atom stereocenters. The number of anilines is 3. The number of hydrogen-bond donors (Lipinski definition) is 0. The van der Waals surface area contributed by atoms with Gasteiger partial charge in [0.2, 0.25) is 0 Å². The Labute approximate surface area is 220 Å². The number of methoxy groups -OCH3 is 1. The number of aryl methyl sites for hydroxylation is 4. The summed E-state index contributed by atoms with van der Waals surface area (Å²) >= 11 is 0. The summed E-state index contributed by atoms with van der Waals surface area (Å²) in [4.78, 5) is 2.34. The fourth-order valence-corrected chi connectivity index (χ4v) is 4.62. The summed E-state index contributed by atoms with van der Waals surface area (Å²) in [5.41, 5.74) is 13.4. The monoisotopic (exact) mass is 483 g/mol. The van der Waals surface area contributed by atoms with Crippen LogP contribution in [0.3, 0.4) is 0 Å². The van der Waals surface area contributed by atoms with Gasteiger partial charge in [0.05, 0.1) is 7.11 Å². The highest BCUT2D eigenvalue weighted by Crippen LogP contribution is 2.37. The maximum Gasteiger partial charge on any atom is 0.118 e. The highest BCUT2D eigenvalue weighted by atomic mass is 16.5. The summed E-state index contributed by atoms with van der Waals surface area (Å²) in [6.45, 7) is 8.68. The Hall–Kier alpha value is -4.30. The fraction of sp³-hybridized carbons (Fsp3) is 0.143. The van der Waals surface area contributed by atoms with Gasteiger partial charge in [-0.2, -0.15) is 0 Å². The lowest BCUT2D eigenvalue weighted by atomic mass is 10.00. The predicted octanol–water partition coefficient (Wildman–Crippen LogP) is 9.73. The molecule has 0 aromatic heterocycles. The van der Waals surface area contributed by atoms with Gasteiger partial charge in [0.1, 0.15) is 5.75 Å². The number of hydrogen-bond acceptors (Lipinski definition) is 2. The molecule has 2 heteroatoms. The molecule has 0 saturated heterocycles. The average Bonchev–Trinajstić information content (AvgIpc) is 2.93. The minimum Gasteiger partial charge on any atom is -0.497 e. The summed E-state index contributed by atoms with van der Waals surface area (Å²) < 4.78 is 5.28. The van der Waals surface area contributed by atoms with Gasteiger partial charge in [-0.25, -0.2) is 0 Å². The summed E-state index contributed by atoms with van der Waals surface area (Å²) in [5.74, 6) is 0.871. The molecule has 0 aliphatic heterocycles. The van der Waals surface area contributed by atoms with Crippen LogP contribution in [-0.4, -0.2) is 7.11 Å². The van der Waals surface area contributed by atoms with E-state index in [-0.39, 0.29) is 0 Å². The Morgan fingerprint density at radius 1 is 0.405 bits per heavy atom. The molecule has 0 N–H and O–H groups in total. The Morgan fingerprint density at radius 2 is 0.757 bits per heavy atom. The molecule has 5 aromatic carbocycles. The van der Waals surface area contributed by atoms with Crippen molar-refractivity contribution in [2.24, 2.45) is 0 Å². The third kappa shape index (κ3) is 5.15. The van der Waals surface area contributed by atoms with Crippen LogP contribution in [0, 0.1) is 27.7 Å². The standard InChI is InChI=1S/C35H33NO/c1-24-6-16-33(22-26(24)3)36(34-17-7-25(2)27(4)23-34)32-18-12-30(13-19-32)28-8-10-29(11-9-28)31-14-20-35(37-5)21-15-31/h6-23H,1-5H3. The van der Waals surface area contributed by atoms with E-state index in [9.17, 15) is 0 Å². The summed E-state index contributed by atoms with van der Waals surface area (Å²) in [7, 11) is 1.69. The van der Waals surface area contributed by atoms with Crippen molar-refractivity contribution in [3.05, 3.63) is 131 Å². The molecule has 2 nitrogen and oxygen atoms in total. The van der Waals surface area contributed by atoms with E-state index < -0.39 is 0 Å². The third-order valence-electron chi connectivity index (χ3n) is 7.26. The van der Waals surface area contributed by atoms with Crippen molar-refractivity contribution < 1.29 is 4.74 Å². The van der Waals surface area contributed by atoms with Crippen LogP contribution in [0.25, 0.3) is 22.3 Å². The molecule has 0 bridgehead atoms. The zero-order chi connectivity index (χ0) is 25.9. The molecule has 0 saturated carbocycles. The first-order valence-corrected chi connectivity index (χ1v) is 12.7. The first-order chi connectivity index (χ1) is 17.9. The average molecular weight is 484 g/mol. The van der Waals surface area contributed by atoms with Gasteiger partial charge < -0.3 is 9.64 Å². The maximum atomic E-state index is 5.28. The Balaban J connectivity index is 1.47. The van der Waals surface area contributed by atoms with Crippen LogP contribution in [0.15, 0.2) is 109 Å². The number of rotatable bonds is 6. The van der Waals surface area contributed by atoms with E-state index in [1.165, 1.54) is 55.9 Å². The van der Waals surface area contributed by atoms with Crippen molar-refractivity contribution in [3.63, 3.8) is 0 Å². The molecule has 0 fully saturated rings. The van der Waals surface area contributed by atoms with Crippen molar-refractivity contribution in [1.82, 2.24) is 0 Å². The minimum atomic E-state index is 0.871. The molecule has 0 heterocycles. The van der Waals surface area contributed by atoms with Gasteiger partial charge in [0.15, 0.2) is 0 Å². The second-order valence-corrected chi connectivity index (χ2v) is 9.73. The number of nitrogens with zero attached hydrogens (tertiary/aromatic N) is 1. The Bertz CT molecular complexity index is 1460. The highest BCUT2D eigenvalue weighted by molar-refractivity contribution is 5.79. The highest BCUT2D eigenvalue weighted by Gasteiger charge is 2.14. The van der Waals surface area contributed by atoms with Gasteiger partial charge in [-0.05, 0) is 121 Å². The molecule has 5 aromatic rings. The van der Waals surface area contributed by atoms with Crippen LogP contribution in [0.5, 0.6) is 5.75 Å². The lowest BCUT2D eigenvalue weighted by molar-refractivity contribution is 0.415. The lowest BCUT2D eigenvalue weighted by Crippen LogP contribution is -2.10. The molecule has 0 amide bonds. The normalized spacial score (nSPS) is 10.8. The van der Waals surface area contributed by atoms with Crippen LogP contribution in [0.1, 0.15) is 22.3 Å². The van der Waals surface area contributed by atoms with Crippen LogP contribution < -0.4 is 9.64 Å². The van der Waals surface area contributed by atoms with Crippen molar-refractivity contribution in [1.29, 1.82) is 0 Å². The minimum absolute atomic E-state index is 0.871. The first kappa shape index (κ1) is 24.4. The topological polar surface area (TPSA) is 12.5 Å². The second kappa shape index (κ2) is 10.4. The van der Waals surface area contributed by atoms with E-state index in [0.29, 0.717) is 0 Å². The van der Waals surface area contributed by atoms with Crippen LogP contribution in [-0.2, 0) is 0 Å². The van der Waals surface area contributed by atoms with Crippen molar-refractivity contribution in [2.45, 2.75) is 27.7 Å². The van der Waals surface area contributed by atoms with Crippen molar-refractivity contribution in [3.8, 4) is 28.0 Å². The van der Waals surface area contributed by atoms with E-state index in [1.54, 1.807) is 7.11 Å². The summed E-state index contributed by atoms with van der Waals surface area (Å²) in [6, 6.07) is 39.2. The van der Waals surface area contributed by atoms with E-state index in [2.05, 4.69) is 130 Å². The Morgan fingerprint density at radius 3 is 1.14 bits per heavy atom. The first-order valence-electron chi connectivity index (χ1n) is 12.7. The van der Waals surface area contributed by atoms with Gasteiger partial charge >= 0.3 is 0 Å². The summed E-state index contributed by atoms with van der Waals surface area (Å²) in [6.07, 6.45) is 0. The molecule has 0 aliphatic rings. The van der Waals surface area contributed by atoms with Gasteiger partial charge in [-0.1, -0.05) is 60.7 Å². The van der Waals surface area contributed by atoms with E-state index >= 15 is 0 Å². The Kier molecular flexibility index (Phi) is 6.83. The largest absolute Gasteiger partial charge is 0.497 e. The second-order valence-electron chi connectivity index (χ2n) is 9.73. The van der Waals surface area contributed by atoms with Crippen LogP contribution in [0.4, 0.5) is 17.1 Å². The van der Waals surface area contributed by atoms with Crippen LogP contribution >= 0.6 is 0 Å². The molecular weight excluding hydrogens is 450 g/mol. The van der Waals surface area contributed by atoms with Crippen molar-refractivity contribution >= 4 is 17.1 Å². The summed E-state index contributed by atoms with van der Waals surface area (Å²) in [5, 5.41) is 0. The van der Waals surface area contributed by atoms with Gasteiger partial charge in [0, 0.05) is 17.1 Å². The lowest BCUT2D eigenvalue weighted by Gasteiger charge is -2.27. The van der Waals surface area contributed by atoms with Gasteiger partial charge in [0.25, 0.3) is 0 Å². The quantitative estimate of drug-likeness (QED) is 0.238. The van der Waals surface area contributed by atoms with Gasteiger partial charge in [-0.3, -0.25) is 0 Å². The molecule has 184 valence electrons. The zero-order valence-electron chi connectivity index (χ0n) is 22.2. The van der Waals surface area contributed by atoms with Crippen LogP contribution in [0.2, 0.25) is 0 Å². The maximum absolute atomic E-state index is 5.28. The van der Waals surface area contributed by atoms with E-state index in [1.807, 2.05) is 12.1 Å². The van der Waals surface area contributed by atoms with E-state index in [4.69, 9.17) is 4.74 Å². The third-order valence-corrected chi connectivity index (χ3v) is 7.26. The molecule has 5 rings (SSSR count). The predicted molar refractivity (Wildman–Crippen MR) is 157 cm³/mol. The molecule has 37 heavy (non-hydrogen) atoms. The van der Waals surface area contributed by atoms with E-state index in [0.717, 1.165) is 11.4 Å². The molecular formula is C35H33NO. The zero-order valence-corrected chi connectivity index (χ0v) is 22.2. The number of benzene rings is 5. The molecule has 0 atom stereocenters. The SMILES string of the molecule is COc1ccc(-c2ccc(-c3ccc(N(c4ccc(C)c(C)c4)c4ccc(C)c(C)c4)cc3)cc2)cc1. The molecule has 0 spiro atoms. The van der Waals surface area contributed by atoms with Gasteiger partial charge in [-0.15, -0.1) is 0 Å². The molecule has 0 aliphatic carbocycles. The van der Waals surface area contributed by atoms with Crippen molar-refractivity contribution in [2.75, 3.05) is 12.0 Å². The number of ether oxygens (including phenoxy) is 1. The fourth-order valence-electron chi connectivity index (χ4n) is 4.62. The molecule has 0 radical (unpaired) electrons. The smallest absolute Gasteiger partial charge is 0.118 e.